The zero-order valence-electron chi connectivity index (χ0n) is 11.3. The highest BCUT2D eigenvalue weighted by atomic mass is 19.1. The van der Waals surface area contributed by atoms with E-state index in [1.807, 2.05) is 0 Å². The van der Waals surface area contributed by atoms with Crippen molar-refractivity contribution in [3.05, 3.63) is 47.5 Å². The van der Waals surface area contributed by atoms with Crippen molar-refractivity contribution in [2.75, 3.05) is 17.7 Å². The first-order valence-corrected chi connectivity index (χ1v) is 6.27. The SMILES string of the molecule is CCOc1cc(Nc2c(C)cccc2F)c(N)cc1F. The molecule has 0 heterocycles. The number of halogens is 2. The van der Waals surface area contributed by atoms with Crippen LogP contribution < -0.4 is 15.8 Å². The molecule has 0 spiro atoms. The molecule has 0 fully saturated rings. The average Bonchev–Trinajstić information content (AvgIpc) is 2.39. The molecule has 106 valence electrons. The molecule has 2 aromatic carbocycles. The molecule has 20 heavy (non-hydrogen) atoms. The van der Waals surface area contributed by atoms with Gasteiger partial charge in [0.25, 0.3) is 0 Å². The van der Waals surface area contributed by atoms with E-state index in [0.29, 0.717) is 18.0 Å². The van der Waals surface area contributed by atoms with Crippen molar-refractivity contribution in [1.82, 2.24) is 0 Å². The number of hydrogen-bond acceptors (Lipinski definition) is 3. The number of hydrogen-bond donors (Lipinski definition) is 2. The van der Waals surface area contributed by atoms with Gasteiger partial charge in [-0.1, -0.05) is 12.1 Å². The van der Waals surface area contributed by atoms with E-state index in [9.17, 15) is 8.78 Å². The van der Waals surface area contributed by atoms with Crippen LogP contribution in [0.4, 0.5) is 25.8 Å². The molecule has 0 saturated heterocycles. The Morgan fingerprint density at radius 1 is 1.20 bits per heavy atom. The minimum atomic E-state index is -0.542. The summed E-state index contributed by atoms with van der Waals surface area (Å²) in [4.78, 5) is 0. The molecule has 0 bridgehead atoms. The van der Waals surface area contributed by atoms with Gasteiger partial charge in [-0.3, -0.25) is 0 Å². The van der Waals surface area contributed by atoms with E-state index in [2.05, 4.69) is 5.32 Å². The first-order valence-electron chi connectivity index (χ1n) is 6.27. The molecule has 0 aliphatic rings. The summed E-state index contributed by atoms with van der Waals surface area (Å²) >= 11 is 0. The van der Waals surface area contributed by atoms with Crippen molar-refractivity contribution < 1.29 is 13.5 Å². The highest BCUT2D eigenvalue weighted by Gasteiger charge is 2.12. The number of nitrogens with two attached hydrogens (primary N) is 1. The van der Waals surface area contributed by atoms with Crippen LogP contribution in [0.15, 0.2) is 30.3 Å². The standard InChI is InChI=1S/C15H16F2N2O/c1-3-20-14-8-13(12(18)7-11(14)17)19-15-9(2)5-4-6-10(15)16/h4-8,19H,3,18H2,1-2H3. The topological polar surface area (TPSA) is 47.3 Å². The maximum atomic E-state index is 13.8. The van der Waals surface area contributed by atoms with Crippen LogP contribution in [0.3, 0.4) is 0 Å². The van der Waals surface area contributed by atoms with Crippen LogP contribution in [-0.4, -0.2) is 6.61 Å². The van der Waals surface area contributed by atoms with E-state index < -0.39 is 11.6 Å². The van der Waals surface area contributed by atoms with Crippen molar-refractivity contribution in [1.29, 1.82) is 0 Å². The third-order valence-corrected chi connectivity index (χ3v) is 2.89. The van der Waals surface area contributed by atoms with Crippen LogP contribution >= 0.6 is 0 Å². The van der Waals surface area contributed by atoms with Gasteiger partial charge in [0, 0.05) is 12.1 Å². The second-order valence-corrected chi connectivity index (χ2v) is 4.36. The predicted octanol–water partition coefficient (Wildman–Crippen LogP) is 4.00. The summed E-state index contributed by atoms with van der Waals surface area (Å²) in [5.74, 6) is -0.856. The van der Waals surface area contributed by atoms with Gasteiger partial charge in [-0.15, -0.1) is 0 Å². The summed E-state index contributed by atoms with van der Waals surface area (Å²) in [5, 5.41) is 2.89. The Hall–Kier alpha value is -2.30. The Bertz CT molecular complexity index is 609. The van der Waals surface area contributed by atoms with Crippen LogP contribution in [-0.2, 0) is 0 Å². The van der Waals surface area contributed by atoms with Gasteiger partial charge in [-0.25, -0.2) is 8.78 Å². The van der Waals surface area contributed by atoms with E-state index >= 15 is 0 Å². The normalized spacial score (nSPS) is 10.4. The van der Waals surface area contributed by atoms with Crippen molar-refractivity contribution in [2.24, 2.45) is 0 Å². The fraction of sp³-hybridized carbons (Fsp3) is 0.200. The summed E-state index contributed by atoms with van der Waals surface area (Å²) < 4.78 is 32.6. The van der Waals surface area contributed by atoms with Crippen molar-refractivity contribution in [3.8, 4) is 5.75 Å². The number of ether oxygens (including phenoxy) is 1. The number of benzene rings is 2. The molecule has 3 nitrogen and oxygen atoms in total. The van der Waals surface area contributed by atoms with Gasteiger partial charge in [0.2, 0.25) is 0 Å². The zero-order chi connectivity index (χ0) is 14.7. The fourth-order valence-electron chi connectivity index (χ4n) is 1.87. The maximum absolute atomic E-state index is 13.8. The highest BCUT2D eigenvalue weighted by Crippen LogP contribution is 2.32. The number of nitrogen functional groups attached to an aromatic ring is 1. The number of rotatable bonds is 4. The van der Waals surface area contributed by atoms with Crippen molar-refractivity contribution in [2.45, 2.75) is 13.8 Å². The molecule has 0 unspecified atom stereocenters. The summed E-state index contributed by atoms with van der Waals surface area (Å²) in [6.07, 6.45) is 0. The van der Waals surface area contributed by atoms with Gasteiger partial charge >= 0.3 is 0 Å². The fourth-order valence-corrected chi connectivity index (χ4v) is 1.87. The molecule has 3 N–H and O–H groups in total. The Morgan fingerprint density at radius 2 is 1.95 bits per heavy atom. The van der Waals surface area contributed by atoms with Crippen molar-refractivity contribution in [3.63, 3.8) is 0 Å². The number of nitrogens with one attached hydrogen (secondary N) is 1. The summed E-state index contributed by atoms with van der Waals surface area (Å²) in [7, 11) is 0. The predicted molar refractivity (Wildman–Crippen MR) is 76.4 cm³/mol. The second kappa shape index (κ2) is 5.77. The van der Waals surface area contributed by atoms with E-state index in [1.165, 1.54) is 12.1 Å². The molecule has 0 saturated carbocycles. The van der Waals surface area contributed by atoms with Crippen LogP contribution in [0.1, 0.15) is 12.5 Å². The zero-order valence-corrected chi connectivity index (χ0v) is 11.3. The summed E-state index contributed by atoms with van der Waals surface area (Å²) in [5.41, 5.74) is 7.39. The summed E-state index contributed by atoms with van der Waals surface area (Å²) in [6.45, 7) is 3.86. The van der Waals surface area contributed by atoms with Crippen LogP contribution in [0.25, 0.3) is 0 Å². The Balaban J connectivity index is 2.40. The first-order chi connectivity index (χ1) is 9.52. The largest absolute Gasteiger partial charge is 0.491 e. The Kier molecular flexibility index (Phi) is 4.08. The molecule has 0 radical (unpaired) electrons. The molecule has 0 aliphatic heterocycles. The smallest absolute Gasteiger partial charge is 0.167 e. The second-order valence-electron chi connectivity index (χ2n) is 4.36. The van der Waals surface area contributed by atoms with Gasteiger partial charge in [0.1, 0.15) is 5.82 Å². The van der Waals surface area contributed by atoms with Gasteiger partial charge in [0.15, 0.2) is 11.6 Å². The molecule has 0 aliphatic carbocycles. The van der Waals surface area contributed by atoms with E-state index in [1.54, 1.807) is 26.0 Å². The average molecular weight is 278 g/mol. The lowest BCUT2D eigenvalue weighted by molar-refractivity contribution is 0.322. The molecule has 5 heteroatoms. The molecule has 2 aromatic rings. The molecular weight excluding hydrogens is 262 g/mol. The maximum Gasteiger partial charge on any atom is 0.167 e. The van der Waals surface area contributed by atoms with E-state index in [-0.39, 0.29) is 11.4 Å². The van der Waals surface area contributed by atoms with Crippen LogP contribution in [0, 0.1) is 18.6 Å². The quantitative estimate of drug-likeness (QED) is 0.831. The lowest BCUT2D eigenvalue weighted by Gasteiger charge is -2.14. The Morgan fingerprint density at radius 3 is 2.60 bits per heavy atom. The molecule has 0 atom stereocenters. The minimum absolute atomic E-state index is 0.0817. The first kappa shape index (κ1) is 14.1. The van der Waals surface area contributed by atoms with Crippen LogP contribution in [0.5, 0.6) is 5.75 Å². The van der Waals surface area contributed by atoms with E-state index in [0.717, 1.165) is 11.6 Å². The van der Waals surface area contributed by atoms with Crippen LogP contribution in [0.2, 0.25) is 0 Å². The van der Waals surface area contributed by atoms with Gasteiger partial charge < -0.3 is 15.8 Å². The van der Waals surface area contributed by atoms with Gasteiger partial charge in [0.05, 0.1) is 23.7 Å². The lowest BCUT2D eigenvalue weighted by Crippen LogP contribution is -2.03. The number of anilines is 3. The molecule has 0 amide bonds. The minimum Gasteiger partial charge on any atom is -0.491 e. The Labute approximate surface area is 116 Å². The van der Waals surface area contributed by atoms with Gasteiger partial charge in [-0.2, -0.15) is 0 Å². The third-order valence-electron chi connectivity index (χ3n) is 2.89. The summed E-state index contributed by atoms with van der Waals surface area (Å²) in [6, 6.07) is 7.33. The van der Waals surface area contributed by atoms with Gasteiger partial charge in [-0.05, 0) is 25.5 Å². The number of para-hydroxylation sites is 1. The number of aryl methyl sites for hydroxylation is 1. The van der Waals surface area contributed by atoms with E-state index in [4.69, 9.17) is 10.5 Å². The third kappa shape index (κ3) is 2.82. The highest BCUT2D eigenvalue weighted by molar-refractivity contribution is 5.75. The molecular formula is C15H16F2N2O. The monoisotopic (exact) mass is 278 g/mol. The lowest BCUT2D eigenvalue weighted by atomic mass is 10.1. The molecule has 2 rings (SSSR count). The van der Waals surface area contributed by atoms with Crippen molar-refractivity contribution >= 4 is 17.1 Å². The molecule has 0 aromatic heterocycles.